The van der Waals surface area contributed by atoms with Crippen LogP contribution >= 0.6 is 0 Å². The van der Waals surface area contributed by atoms with Gasteiger partial charge in [-0.25, -0.2) is 21.8 Å². The van der Waals surface area contributed by atoms with Gasteiger partial charge in [0, 0.05) is 0 Å². The van der Waals surface area contributed by atoms with Crippen molar-refractivity contribution in [2.45, 2.75) is 19.6 Å². The van der Waals surface area contributed by atoms with Gasteiger partial charge in [-0.1, -0.05) is 0 Å². The first-order valence-electron chi connectivity index (χ1n) is 9.03. The molecule has 0 amide bonds. The number of benzene rings is 3. The zero-order valence-electron chi connectivity index (χ0n) is 16.6. The van der Waals surface area contributed by atoms with Crippen LogP contribution in [0.2, 0.25) is 0 Å². The maximum atomic E-state index is 13.2. The van der Waals surface area contributed by atoms with Gasteiger partial charge in [0.1, 0.15) is 17.0 Å². The van der Waals surface area contributed by atoms with Crippen LogP contribution in [0.5, 0.6) is 11.5 Å². The Morgan fingerprint density at radius 3 is 1.61 bits per heavy atom. The molecule has 1 heterocycles. The van der Waals surface area contributed by atoms with E-state index >= 15 is 0 Å². The van der Waals surface area contributed by atoms with Gasteiger partial charge >= 0.3 is 0 Å². The summed E-state index contributed by atoms with van der Waals surface area (Å²) in [6, 6.07) is 14.4. The fourth-order valence-corrected chi connectivity index (χ4v) is 6.01. The third-order valence-electron chi connectivity index (χ3n) is 4.82. The van der Waals surface area contributed by atoms with Gasteiger partial charge in [0.2, 0.25) is 19.7 Å². The maximum absolute atomic E-state index is 13.2. The molecule has 160 valence electrons. The highest BCUT2D eigenvalue weighted by Crippen LogP contribution is 2.33. The quantitative estimate of drug-likeness (QED) is 0.471. The average molecular weight is 459 g/mol. The first-order chi connectivity index (χ1) is 14.8. The number of imidazole rings is 1. The number of rotatable bonds is 6. The van der Waals surface area contributed by atoms with Crippen LogP contribution in [0.15, 0.2) is 86.6 Å². The van der Waals surface area contributed by atoms with E-state index < -0.39 is 19.7 Å². The van der Waals surface area contributed by atoms with Crippen molar-refractivity contribution in [3.05, 3.63) is 67.0 Å². The Hall–Kier alpha value is -3.37. The Kier molecular flexibility index (Phi) is 5.19. The molecule has 0 spiro atoms. The van der Waals surface area contributed by atoms with Gasteiger partial charge in [-0.15, -0.1) is 0 Å². The van der Waals surface area contributed by atoms with Crippen molar-refractivity contribution in [1.29, 1.82) is 0 Å². The van der Waals surface area contributed by atoms with E-state index in [1.54, 1.807) is 12.1 Å². The van der Waals surface area contributed by atoms with E-state index in [0.717, 1.165) is 0 Å². The molecule has 8 nitrogen and oxygen atoms in total. The second kappa shape index (κ2) is 7.71. The highest BCUT2D eigenvalue weighted by atomic mass is 32.2. The van der Waals surface area contributed by atoms with Crippen LogP contribution in [0.3, 0.4) is 0 Å². The number of sulfone groups is 2. The minimum atomic E-state index is -3.95. The van der Waals surface area contributed by atoms with E-state index in [1.807, 2.05) is 0 Å². The van der Waals surface area contributed by atoms with E-state index in [9.17, 15) is 16.8 Å². The largest absolute Gasteiger partial charge is 0.497 e. The number of aromatic amines is 1. The molecule has 0 saturated heterocycles. The minimum absolute atomic E-state index is 0.0448. The number of hydrogen-bond acceptors (Lipinski definition) is 7. The number of fused-ring (bicyclic) bond motifs is 1. The van der Waals surface area contributed by atoms with Gasteiger partial charge in [-0.05, 0) is 60.7 Å². The molecule has 4 rings (SSSR count). The predicted octanol–water partition coefficient (Wildman–Crippen LogP) is 3.25. The molecule has 0 aliphatic heterocycles. The standard InChI is InChI=1S/C21H18N2O6S2/c1-28-14-3-7-16(8-4-14)30(24,25)18-11-12-19(21-20(18)22-13-23-21)31(26,27)17-9-5-15(29-2)6-10-17/h3-13H,1-2H3,(H,22,23). The molecule has 0 aliphatic carbocycles. The van der Waals surface area contributed by atoms with E-state index in [2.05, 4.69) is 9.97 Å². The minimum Gasteiger partial charge on any atom is -0.497 e. The van der Waals surface area contributed by atoms with Crippen LogP contribution in [0.1, 0.15) is 0 Å². The molecule has 1 aromatic heterocycles. The lowest BCUT2D eigenvalue weighted by atomic mass is 10.3. The number of ether oxygens (including phenoxy) is 2. The van der Waals surface area contributed by atoms with Crippen LogP contribution in [0.25, 0.3) is 11.0 Å². The monoisotopic (exact) mass is 458 g/mol. The summed E-state index contributed by atoms with van der Waals surface area (Å²) in [5.41, 5.74) is 0.163. The Labute approximate surface area is 179 Å². The molecule has 0 radical (unpaired) electrons. The van der Waals surface area contributed by atoms with E-state index in [-0.39, 0.29) is 30.6 Å². The highest BCUT2D eigenvalue weighted by molar-refractivity contribution is 7.92. The van der Waals surface area contributed by atoms with Gasteiger partial charge in [0.25, 0.3) is 0 Å². The molecular weight excluding hydrogens is 440 g/mol. The number of nitrogens with one attached hydrogen (secondary N) is 1. The molecular formula is C21H18N2O6S2. The molecule has 31 heavy (non-hydrogen) atoms. The number of H-pyrrole nitrogens is 1. The molecule has 0 aliphatic rings. The van der Waals surface area contributed by atoms with Crippen molar-refractivity contribution in [3.8, 4) is 11.5 Å². The van der Waals surface area contributed by atoms with Gasteiger partial charge in [0.05, 0.1) is 45.6 Å². The first kappa shape index (κ1) is 20.9. The first-order valence-corrected chi connectivity index (χ1v) is 12.0. The van der Waals surface area contributed by atoms with Crippen LogP contribution in [0.4, 0.5) is 0 Å². The summed E-state index contributed by atoms with van der Waals surface area (Å²) >= 11 is 0. The van der Waals surface area contributed by atoms with Crippen molar-refractivity contribution in [2.24, 2.45) is 0 Å². The second-order valence-corrected chi connectivity index (χ2v) is 10.4. The van der Waals surface area contributed by atoms with Crippen molar-refractivity contribution in [2.75, 3.05) is 14.2 Å². The number of hydrogen-bond donors (Lipinski definition) is 1. The molecule has 10 heteroatoms. The zero-order valence-corrected chi connectivity index (χ0v) is 18.2. The van der Waals surface area contributed by atoms with Gasteiger partial charge < -0.3 is 14.5 Å². The Morgan fingerprint density at radius 2 is 1.13 bits per heavy atom. The SMILES string of the molecule is COc1ccc(S(=O)(=O)c2ccc(S(=O)(=O)c3ccc(OC)cc3)c3[nH]cnc23)cc1. The van der Waals surface area contributed by atoms with Crippen LogP contribution in [-0.4, -0.2) is 41.0 Å². The molecule has 0 bridgehead atoms. The van der Waals surface area contributed by atoms with Gasteiger partial charge in [-0.2, -0.15) is 0 Å². The molecule has 3 aromatic carbocycles. The average Bonchev–Trinajstić information content (AvgIpc) is 3.28. The number of nitrogens with zero attached hydrogens (tertiary/aromatic N) is 1. The Bertz CT molecular complexity index is 1350. The van der Waals surface area contributed by atoms with E-state index in [4.69, 9.17) is 9.47 Å². The fraction of sp³-hybridized carbons (Fsp3) is 0.0952. The number of methoxy groups -OCH3 is 2. The Morgan fingerprint density at radius 1 is 0.677 bits per heavy atom. The maximum Gasteiger partial charge on any atom is 0.208 e. The molecule has 4 aromatic rings. The topological polar surface area (TPSA) is 115 Å². The van der Waals surface area contributed by atoms with Crippen LogP contribution in [0, 0.1) is 0 Å². The van der Waals surface area contributed by atoms with E-state index in [0.29, 0.717) is 11.5 Å². The second-order valence-electron chi connectivity index (χ2n) is 6.55. The summed E-state index contributed by atoms with van der Waals surface area (Å²) in [4.78, 5) is 6.80. The molecule has 0 atom stereocenters. The molecule has 0 fully saturated rings. The lowest BCUT2D eigenvalue weighted by Crippen LogP contribution is -2.07. The summed E-state index contributed by atoms with van der Waals surface area (Å²) in [5.74, 6) is 1.04. The smallest absolute Gasteiger partial charge is 0.208 e. The van der Waals surface area contributed by atoms with Crippen LogP contribution in [-0.2, 0) is 19.7 Å². The Balaban J connectivity index is 1.85. The summed E-state index contributed by atoms with van der Waals surface area (Å²) in [5, 5.41) is 0. The lowest BCUT2D eigenvalue weighted by molar-refractivity contribution is 0.414. The summed E-state index contributed by atoms with van der Waals surface area (Å²) < 4.78 is 62.9. The van der Waals surface area contributed by atoms with E-state index in [1.165, 1.54) is 69.1 Å². The van der Waals surface area contributed by atoms with Gasteiger partial charge in [0.15, 0.2) is 0 Å². The van der Waals surface area contributed by atoms with Crippen molar-refractivity contribution in [3.63, 3.8) is 0 Å². The predicted molar refractivity (Wildman–Crippen MR) is 113 cm³/mol. The summed E-state index contributed by atoms with van der Waals surface area (Å²) in [6.45, 7) is 0. The third-order valence-corrected chi connectivity index (χ3v) is 8.44. The molecule has 0 unspecified atom stereocenters. The summed E-state index contributed by atoms with van der Waals surface area (Å²) in [7, 11) is -4.91. The zero-order chi connectivity index (χ0) is 22.2. The highest BCUT2D eigenvalue weighted by Gasteiger charge is 2.27. The number of aromatic nitrogens is 2. The van der Waals surface area contributed by atoms with Crippen molar-refractivity contribution < 1.29 is 26.3 Å². The van der Waals surface area contributed by atoms with Crippen molar-refractivity contribution in [1.82, 2.24) is 9.97 Å². The summed E-state index contributed by atoms with van der Waals surface area (Å²) in [6.07, 6.45) is 1.27. The molecule has 1 N–H and O–H groups in total. The normalized spacial score (nSPS) is 12.1. The van der Waals surface area contributed by atoms with Crippen molar-refractivity contribution >= 4 is 30.7 Å². The molecule has 0 saturated carbocycles. The lowest BCUT2D eigenvalue weighted by Gasteiger charge is -2.10. The van der Waals surface area contributed by atoms with Gasteiger partial charge in [-0.3, -0.25) is 0 Å². The van der Waals surface area contributed by atoms with Crippen LogP contribution < -0.4 is 9.47 Å². The third kappa shape index (κ3) is 3.53. The fourth-order valence-electron chi connectivity index (χ4n) is 3.19.